The molecule has 1 heterocycles. The lowest BCUT2D eigenvalue weighted by Gasteiger charge is -2.32. The van der Waals surface area contributed by atoms with Crippen molar-refractivity contribution < 1.29 is 8.42 Å². The Morgan fingerprint density at radius 1 is 1.00 bits per heavy atom. The summed E-state index contributed by atoms with van der Waals surface area (Å²) in [5, 5.41) is 0. The first-order valence-corrected chi connectivity index (χ1v) is 9.13. The van der Waals surface area contributed by atoms with Crippen molar-refractivity contribution in [1.29, 1.82) is 0 Å². The van der Waals surface area contributed by atoms with Crippen molar-refractivity contribution in [2.24, 2.45) is 0 Å². The molecule has 4 heteroatoms. The first kappa shape index (κ1) is 15.3. The molecule has 1 aliphatic rings. The van der Waals surface area contributed by atoms with Gasteiger partial charge in [0.15, 0.2) is 0 Å². The minimum absolute atomic E-state index is 0.287. The molecule has 1 atom stereocenters. The summed E-state index contributed by atoms with van der Waals surface area (Å²) >= 11 is 0. The second-order valence-corrected chi connectivity index (χ2v) is 7.86. The zero-order valence-electron chi connectivity index (χ0n) is 12.8. The Hall–Kier alpha value is -1.65. The molecule has 1 aliphatic heterocycles. The number of nitrogens with zero attached hydrogens (tertiary/aromatic N) is 1. The summed E-state index contributed by atoms with van der Waals surface area (Å²) in [6.45, 7) is 3.14. The SMILES string of the molecule is Cc1ccc(S(=O)(=O)N2CCCC(c3ccccc3)C2)cc1. The van der Waals surface area contributed by atoms with Crippen LogP contribution in [0.25, 0.3) is 0 Å². The van der Waals surface area contributed by atoms with E-state index in [1.54, 1.807) is 16.4 Å². The van der Waals surface area contributed by atoms with E-state index in [1.165, 1.54) is 5.56 Å². The lowest BCUT2D eigenvalue weighted by atomic mass is 9.92. The van der Waals surface area contributed by atoms with Gasteiger partial charge in [0.25, 0.3) is 0 Å². The molecule has 116 valence electrons. The summed E-state index contributed by atoms with van der Waals surface area (Å²) < 4.78 is 27.2. The van der Waals surface area contributed by atoms with E-state index in [1.807, 2.05) is 37.3 Å². The van der Waals surface area contributed by atoms with Crippen LogP contribution < -0.4 is 0 Å². The van der Waals surface area contributed by atoms with Gasteiger partial charge in [-0.25, -0.2) is 8.42 Å². The number of aryl methyl sites for hydroxylation is 1. The van der Waals surface area contributed by atoms with Crippen LogP contribution in [0.5, 0.6) is 0 Å². The quantitative estimate of drug-likeness (QED) is 0.868. The number of piperidine rings is 1. The number of rotatable bonds is 3. The van der Waals surface area contributed by atoms with Gasteiger partial charge in [-0.15, -0.1) is 0 Å². The number of hydrogen-bond donors (Lipinski definition) is 0. The highest BCUT2D eigenvalue weighted by molar-refractivity contribution is 7.89. The third-order valence-electron chi connectivity index (χ3n) is 4.31. The zero-order valence-corrected chi connectivity index (χ0v) is 13.6. The summed E-state index contributed by atoms with van der Waals surface area (Å²) in [5.41, 5.74) is 2.30. The Bertz CT molecular complexity index is 723. The van der Waals surface area contributed by atoms with Crippen LogP contribution in [0.1, 0.15) is 29.9 Å². The highest BCUT2D eigenvalue weighted by Gasteiger charge is 2.30. The highest BCUT2D eigenvalue weighted by atomic mass is 32.2. The minimum atomic E-state index is -3.39. The molecule has 0 aliphatic carbocycles. The molecule has 0 spiro atoms. The molecule has 0 saturated carbocycles. The predicted octanol–water partition coefficient (Wildman–Crippen LogP) is 3.56. The Morgan fingerprint density at radius 2 is 1.68 bits per heavy atom. The van der Waals surface area contributed by atoms with Crippen molar-refractivity contribution in [3.05, 3.63) is 65.7 Å². The van der Waals surface area contributed by atoms with Crippen LogP contribution in [0.3, 0.4) is 0 Å². The van der Waals surface area contributed by atoms with Crippen LogP contribution in [-0.2, 0) is 10.0 Å². The summed E-state index contributed by atoms with van der Waals surface area (Å²) in [4.78, 5) is 0.395. The van der Waals surface area contributed by atoms with E-state index in [2.05, 4.69) is 12.1 Å². The molecule has 3 nitrogen and oxygen atoms in total. The predicted molar refractivity (Wildman–Crippen MR) is 88.4 cm³/mol. The molecule has 0 bridgehead atoms. The van der Waals surface area contributed by atoms with Gasteiger partial charge >= 0.3 is 0 Å². The van der Waals surface area contributed by atoms with Crippen LogP contribution in [0.4, 0.5) is 0 Å². The van der Waals surface area contributed by atoms with Crippen molar-refractivity contribution in [3.8, 4) is 0 Å². The molecule has 0 aromatic heterocycles. The summed E-state index contributed by atoms with van der Waals surface area (Å²) in [6.07, 6.45) is 1.95. The third kappa shape index (κ3) is 3.08. The first-order chi connectivity index (χ1) is 10.6. The molecule has 0 amide bonds. The van der Waals surface area contributed by atoms with Crippen molar-refractivity contribution >= 4 is 10.0 Å². The molecule has 1 unspecified atom stereocenters. The van der Waals surface area contributed by atoms with Crippen LogP contribution >= 0.6 is 0 Å². The van der Waals surface area contributed by atoms with Crippen molar-refractivity contribution in [3.63, 3.8) is 0 Å². The minimum Gasteiger partial charge on any atom is -0.207 e. The van der Waals surface area contributed by atoms with Gasteiger partial charge in [-0.2, -0.15) is 4.31 Å². The first-order valence-electron chi connectivity index (χ1n) is 7.69. The smallest absolute Gasteiger partial charge is 0.207 e. The van der Waals surface area contributed by atoms with Crippen molar-refractivity contribution in [2.45, 2.75) is 30.6 Å². The highest BCUT2D eigenvalue weighted by Crippen LogP contribution is 2.30. The standard InChI is InChI=1S/C18H21NO2S/c1-15-9-11-18(12-10-15)22(20,21)19-13-5-8-17(14-19)16-6-3-2-4-7-16/h2-4,6-7,9-12,17H,5,8,13-14H2,1H3. The fourth-order valence-corrected chi connectivity index (χ4v) is 4.54. The lowest BCUT2D eigenvalue weighted by molar-refractivity contribution is 0.315. The lowest BCUT2D eigenvalue weighted by Crippen LogP contribution is -2.39. The fraction of sp³-hybridized carbons (Fsp3) is 0.333. The van der Waals surface area contributed by atoms with Crippen LogP contribution in [0.15, 0.2) is 59.5 Å². The van der Waals surface area contributed by atoms with E-state index in [-0.39, 0.29) is 5.92 Å². The van der Waals surface area contributed by atoms with Gasteiger partial charge in [-0.05, 0) is 43.4 Å². The van der Waals surface area contributed by atoms with E-state index in [9.17, 15) is 8.42 Å². The maximum Gasteiger partial charge on any atom is 0.243 e. The van der Waals surface area contributed by atoms with E-state index < -0.39 is 10.0 Å². The van der Waals surface area contributed by atoms with Gasteiger partial charge in [0.05, 0.1) is 4.90 Å². The zero-order chi connectivity index (χ0) is 15.6. The Labute approximate surface area is 132 Å². The molecule has 22 heavy (non-hydrogen) atoms. The maximum absolute atomic E-state index is 12.8. The third-order valence-corrected chi connectivity index (χ3v) is 6.19. The molecule has 2 aromatic carbocycles. The second-order valence-electron chi connectivity index (χ2n) is 5.93. The van der Waals surface area contributed by atoms with E-state index in [0.29, 0.717) is 18.0 Å². The molecule has 2 aromatic rings. The van der Waals surface area contributed by atoms with Gasteiger partial charge < -0.3 is 0 Å². The van der Waals surface area contributed by atoms with Gasteiger partial charge in [0.2, 0.25) is 10.0 Å². The molecule has 1 fully saturated rings. The molecule has 3 rings (SSSR count). The number of sulfonamides is 1. The second kappa shape index (κ2) is 6.23. The molecule has 1 saturated heterocycles. The number of benzene rings is 2. The largest absolute Gasteiger partial charge is 0.243 e. The van der Waals surface area contributed by atoms with E-state index in [0.717, 1.165) is 18.4 Å². The Kier molecular flexibility index (Phi) is 4.32. The van der Waals surface area contributed by atoms with Gasteiger partial charge in [-0.1, -0.05) is 48.0 Å². The van der Waals surface area contributed by atoms with Crippen LogP contribution in [-0.4, -0.2) is 25.8 Å². The average molecular weight is 315 g/mol. The fourth-order valence-electron chi connectivity index (χ4n) is 3.02. The van der Waals surface area contributed by atoms with E-state index >= 15 is 0 Å². The van der Waals surface area contributed by atoms with Crippen molar-refractivity contribution in [2.75, 3.05) is 13.1 Å². The average Bonchev–Trinajstić information content (AvgIpc) is 2.56. The molecular weight excluding hydrogens is 294 g/mol. The Morgan fingerprint density at radius 3 is 2.36 bits per heavy atom. The maximum atomic E-state index is 12.8. The monoisotopic (exact) mass is 315 g/mol. The topological polar surface area (TPSA) is 37.4 Å². The molecular formula is C18H21NO2S. The Balaban J connectivity index is 1.83. The summed E-state index contributed by atoms with van der Waals surface area (Å²) in [5.74, 6) is 0.287. The summed E-state index contributed by atoms with van der Waals surface area (Å²) in [7, 11) is -3.39. The van der Waals surface area contributed by atoms with Crippen LogP contribution in [0.2, 0.25) is 0 Å². The molecule has 0 N–H and O–H groups in total. The van der Waals surface area contributed by atoms with E-state index in [4.69, 9.17) is 0 Å². The number of hydrogen-bond acceptors (Lipinski definition) is 2. The van der Waals surface area contributed by atoms with Gasteiger partial charge in [0.1, 0.15) is 0 Å². The van der Waals surface area contributed by atoms with Crippen molar-refractivity contribution in [1.82, 2.24) is 4.31 Å². The van der Waals surface area contributed by atoms with Gasteiger partial charge in [0, 0.05) is 13.1 Å². The van der Waals surface area contributed by atoms with Gasteiger partial charge in [-0.3, -0.25) is 0 Å². The normalized spacial score (nSPS) is 20.0. The summed E-state index contributed by atoms with van der Waals surface area (Å²) in [6, 6.07) is 17.3. The van der Waals surface area contributed by atoms with Crippen LogP contribution in [0, 0.1) is 6.92 Å². The molecule has 0 radical (unpaired) electrons.